The van der Waals surface area contributed by atoms with E-state index in [0.29, 0.717) is 5.69 Å². The summed E-state index contributed by atoms with van der Waals surface area (Å²) in [6.45, 7) is 0. The Morgan fingerprint density at radius 3 is 2.89 bits per heavy atom. The topological polar surface area (TPSA) is 68.3 Å². The number of carbonyl (C=O) groups is 1. The molecule has 90 valence electrons. The molecule has 2 heterocycles. The highest BCUT2D eigenvalue weighted by Gasteiger charge is 2.15. The van der Waals surface area contributed by atoms with E-state index in [-0.39, 0.29) is 5.89 Å². The van der Waals surface area contributed by atoms with Crippen molar-refractivity contribution in [3.8, 4) is 11.3 Å². The van der Waals surface area contributed by atoms with Crippen molar-refractivity contribution >= 4 is 16.9 Å². The summed E-state index contributed by atoms with van der Waals surface area (Å²) in [5.41, 5.74) is 2.46. The number of carboxylic acid groups (broad SMARTS) is 1. The van der Waals surface area contributed by atoms with Crippen LogP contribution in [-0.2, 0) is 7.05 Å². The van der Waals surface area contributed by atoms with E-state index in [1.807, 2.05) is 42.1 Å². The maximum atomic E-state index is 10.8. The maximum absolute atomic E-state index is 10.8. The van der Waals surface area contributed by atoms with Crippen LogP contribution in [0.15, 0.2) is 41.1 Å². The first-order chi connectivity index (χ1) is 8.66. The largest absolute Gasteiger partial charge is 0.474 e. The van der Waals surface area contributed by atoms with Crippen molar-refractivity contribution in [2.45, 2.75) is 0 Å². The second-order valence-corrected chi connectivity index (χ2v) is 4.01. The van der Waals surface area contributed by atoms with Crippen LogP contribution in [0.3, 0.4) is 0 Å². The molecule has 0 saturated carbocycles. The lowest BCUT2D eigenvalue weighted by molar-refractivity contribution is 0.0653. The van der Waals surface area contributed by atoms with Gasteiger partial charge in [-0.05, 0) is 6.07 Å². The first-order valence-corrected chi connectivity index (χ1v) is 5.40. The monoisotopic (exact) mass is 242 g/mol. The van der Waals surface area contributed by atoms with Crippen LogP contribution in [0, 0.1) is 0 Å². The Hall–Kier alpha value is -2.56. The van der Waals surface area contributed by atoms with E-state index < -0.39 is 5.97 Å². The summed E-state index contributed by atoms with van der Waals surface area (Å²) in [6, 6.07) is 7.86. The molecule has 0 fully saturated rings. The number of aromatic nitrogens is 2. The van der Waals surface area contributed by atoms with Gasteiger partial charge in [-0.15, -0.1) is 0 Å². The van der Waals surface area contributed by atoms with E-state index >= 15 is 0 Å². The van der Waals surface area contributed by atoms with Crippen molar-refractivity contribution in [1.82, 2.24) is 9.55 Å². The van der Waals surface area contributed by atoms with Crippen molar-refractivity contribution in [2.24, 2.45) is 7.05 Å². The number of nitrogens with zero attached hydrogens (tertiary/aromatic N) is 2. The normalized spacial score (nSPS) is 10.9. The molecule has 18 heavy (non-hydrogen) atoms. The first kappa shape index (κ1) is 10.6. The van der Waals surface area contributed by atoms with Gasteiger partial charge < -0.3 is 14.1 Å². The van der Waals surface area contributed by atoms with E-state index in [2.05, 4.69) is 4.98 Å². The number of aromatic carboxylic acids is 1. The van der Waals surface area contributed by atoms with Gasteiger partial charge in [0.2, 0.25) is 0 Å². The van der Waals surface area contributed by atoms with Crippen LogP contribution >= 0.6 is 0 Å². The fourth-order valence-electron chi connectivity index (χ4n) is 2.04. The van der Waals surface area contributed by atoms with Crippen LogP contribution in [0.4, 0.5) is 0 Å². The maximum Gasteiger partial charge on any atom is 0.392 e. The van der Waals surface area contributed by atoms with Crippen LogP contribution in [-0.4, -0.2) is 20.6 Å². The van der Waals surface area contributed by atoms with E-state index in [1.165, 1.54) is 6.26 Å². The third-order valence-corrected chi connectivity index (χ3v) is 2.86. The minimum absolute atomic E-state index is 0.294. The van der Waals surface area contributed by atoms with Gasteiger partial charge in [0, 0.05) is 29.7 Å². The lowest BCUT2D eigenvalue weighted by atomic mass is 10.1. The van der Waals surface area contributed by atoms with Gasteiger partial charge in [-0.3, -0.25) is 0 Å². The molecule has 0 aliphatic heterocycles. The second-order valence-electron chi connectivity index (χ2n) is 4.01. The second kappa shape index (κ2) is 3.73. The number of rotatable bonds is 2. The summed E-state index contributed by atoms with van der Waals surface area (Å²) in [5.74, 6) is -1.46. The van der Waals surface area contributed by atoms with E-state index in [1.54, 1.807) is 0 Å². The zero-order valence-electron chi connectivity index (χ0n) is 9.62. The van der Waals surface area contributed by atoms with Crippen LogP contribution < -0.4 is 0 Å². The van der Waals surface area contributed by atoms with Crippen molar-refractivity contribution in [2.75, 3.05) is 0 Å². The summed E-state index contributed by atoms with van der Waals surface area (Å²) < 4.78 is 6.89. The highest BCUT2D eigenvalue weighted by molar-refractivity contribution is 5.95. The highest BCUT2D eigenvalue weighted by atomic mass is 16.4. The average Bonchev–Trinajstić information content (AvgIpc) is 2.95. The Balaban J connectivity index is 2.22. The number of para-hydroxylation sites is 1. The zero-order chi connectivity index (χ0) is 12.7. The predicted molar refractivity (Wildman–Crippen MR) is 65.4 cm³/mol. The number of benzene rings is 1. The highest BCUT2D eigenvalue weighted by Crippen LogP contribution is 2.29. The summed E-state index contributed by atoms with van der Waals surface area (Å²) in [7, 11) is 1.93. The molecule has 0 aliphatic rings. The Labute approximate surface area is 102 Å². The molecule has 3 rings (SSSR count). The molecule has 0 amide bonds. The molecule has 0 atom stereocenters. The third kappa shape index (κ3) is 1.48. The first-order valence-electron chi connectivity index (χ1n) is 5.40. The lowest BCUT2D eigenvalue weighted by Gasteiger charge is -1.93. The van der Waals surface area contributed by atoms with Gasteiger partial charge in [0.15, 0.2) is 0 Å². The van der Waals surface area contributed by atoms with E-state index in [0.717, 1.165) is 16.5 Å². The minimum Gasteiger partial charge on any atom is -0.474 e. The summed E-state index contributed by atoms with van der Waals surface area (Å²) in [4.78, 5) is 14.7. The molecular weight excluding hydrogens is 232 g/mol. The standard InChI is InChI=1S/C13H10N2O3/c1-15-6-9(8-4-2-3-5-11(8)15)10-7-18-12(14-10)13(16)17/h2-7H,1H3,(H,16,17). The van der Waals surface area contributed by atoms with Crippen LogP contribution in [0.5, 0.6) is 0 Å². The molecule has 1 N–H and O–H groups in total. The van der Waals surface area contributed by atoms with Crippen LogP contribution in [0.2, 0.25) is 0 Å². The number of oxazole rings is 1. The number of hydrogen-bond donors (Lipinski definition) is 1. The molecular formula is C13H10N2O3. The Morgan fingerprint density at radius 1 is 1.39 bits per heavy atom. The molecule has 0 spiro atoms. The van der Waals surface area contributed by atoms with Gasteiger partial charge >= 0.3 is 11.9 Å². The third-order valence-electron chi connectivity index (χ3n) is 2.86. The number of fused-ring (bicyclic) bond motifs is 1. The summed E-state index contributed by atoms with van der Waals surface area (Å²) in [5, 5.41) is 9.82. The molecule has 0 unspecified atom stereocenters. The van der Waals surface area contributed by atoms with Gasteiger partial charge in [0.25, 0.3) is 0 Å². The van der Waals surface area contributed by atoms with Crippen molar-refractivity contribution < 1.29 is 14.3 Å². The molecule has 5 heteroatoms. The number of aryl methyl sites for hydroxylation is 1. The lowest BCUT2D eigenvalue weighted by Crippen LogP contribution is -1.95. The Bertz CT molecular complexity index is 740. The fourth-order valence-corrected chi connectivity index (χ4v) is 2.04. The molecule has 0 aliphatic carbocycles. The molecule has 0 bridgehead atoms. The van der Waals surface area contributed by atoms with Crippen LogP contribution in [0.25, 0.3) is 22.2 Å². The molecule has 2 aromatic heterocycles. The average molecular weight is 242 g/mol. The van der Waals surface area contributed by atoms with Crippen molar-refractivity contribution in [3.63, 3.8) is 0 Å². The van der Waals surface area contributed by atoms with Gasteiger partial charge in [-0.1, -0.05) is 18.2 Å². The quantitative estimate of drug-likeness (QED) is 0.749. The van der Waals surface area contributed by atoms with Crippen molar-refractivity contribution in [3.05, 3.63) is 42.6 Å². The van der Waals surface area contributed by atoms with Gasteiger partial charge in [-0.2, -0.15) is 0 Å². The van der Waals surface area contributed by atoms with Crippen LogP contribution in [0.1, 0.15) is 10.7 Å². The van der Waals surface area contributed by atoms with Crippen molar-refractivity contribution in [1.29, 1.82) is 0 Å². The van der Waals surface area contributed by atoms with Gasteiger partial charge in [0.1, 0.15) is 12.0 Å². The predicted octanol–water partition coefficient (Wildman–Crippen LogP) is 2.53. The SMILES string of the molecule is Cn1cc(-c2coc(C(=O)O)n2)c2ccccc21. The Morgan fingerprint density at radius 2 is 2.17 bits per heavy atom. The molecule has 1 aromatic carbocycles. The zero-order valence-corrected chi connectivity index (χ0v) is 9.62. The minimum atomic E-state index is -1.17. The smallest absolute Gasteiger partial charge is 0.392 e. The van der Waals surface area contributed by atoms with Gasteiger partial charge in [0.05, 0.1) is 0 Å². The number of hydrogen-bond acceptors (Lipinski definition) is 3. The van der Waals surface area contributed by atoms with E-state index in [9.17, 15) is 4.79 Å². The van der Waals surface area contributed by atoms with E-state index in [4.69, 9.17) is 9.52 Å². The summed E-state index contributed by atoms with van der Waals surface area (Å²) in [6.07, 6.45) is 3.28. The number of carboxylic acids is 1. The molecule has 0 radical (unpaired) electrons. The Kier molecular flexibility index (Phi) is 2.19. The fraction of sp³-hybridized carbons (Fsp3) is 0.0769. The molecule has 0 saturated heterocycles. The summed E-state index contributed by atoms with van der Waals surface area (Å²) >= 11 is 0. The van der Waals surface area contributed by atoms with Gasteiger partial charge in [-0.25, -0.2) is 9.78 Å². The molecule has 3 aromatic rings. The molecule has 5 nitrogen and oxygen atoms in total.